The van der Waals surface area contributed by atoms with E-state index in [2.05, 4.69) is 118 Å². The lowest BCUT2D eigenvalue weighted by Gasteiger charge is -2.18. The first-order valence-electron chi connectivity index (χ1n) is 31.7. The normalized spacial score (nSPS) is 12.7. The number of hydrogen-bond acceptors (Lipinski definition) is 6. The van der Waals surface area contributed by atoms with Gasteiger partial charge >= 0.3 is 17.9 Å². The topological polar surface area (TPSA) is 78.9 Å². The molecule has 0 aromatic carbocycles. The first-order chi connectivity index (χ1) is 37.0. The molecule has 0 aliphatic heterocycles. The first-order valence-corrected chi connectivity index (χ1v) is 31.7. The molecule has 0 aromatic heterocycles. The van der Waals surface area contributed by atoms with Crippen LogP contribution in [-0.4, -0.2) is 37.2 Å². The highest BCUT2D eigenvalue weighted by Gasteiger charge is 2.19. The molecular formula is C69H118O6. The Bertz CT molecular complexity index is 1480. The fourth-order valence-corrected chi connectivity index (χ4v) is 8.83. The van der Waals surface area contributed by atoms with Gasteiger partial charge in [-0.15, -0.1) is 0 Å². The van der Waals surface area contributed by atoms with Crippen LogP contribution in [0.15, 0.2) is 97.2 Å². The molecule has 1 atom stereocenters. The van der Waals surface area contributed by atoms with E-state index in [9.17, 15) is 14.4 Å². The Balaban J connectivity index is 4.40. The van der Waals surface area contributed by atoms with E-state index in [0.717, 1.165) is 116 Å². The zero-order chi connectivity index (χ0) is 54.3. The van der Waals surface area contributed by atoms with Gasteiger partial charge in [0, 0.05) is 19.3 Å². The number of rotatable bonds is 57. The Morgan fingerprint density at radius 2 is 0.520 bits per heavy atom. The summed E-state index contributed by atoms with van der Waals surface area (Å²) < 4.78 is 16.9. The summed E-state index contributed by atoms with van der Waals surface area (Å²) in [5, 5.41) is 0. The van der Waals surface area contributed by atoms with Crippen LogP contribution in [0.5, 0.6) is 0 Å². The molecule has 6 heteroatoms. The van der Waals surface area contributed by atoms with Gasteiger partial charge in [0.2, 0.25) is 0 Å². The summed E-state index contributed by atoms with van der Waals surface area (Å²) in [6, 6.07) is 0. The summed E-state index contributed by atoms with van der Waals surface area (Å²) in [5.41, 5.74) is 0. The van der Waals surface area contributed by atoms with Crippen molar-refractivity contribution in [2.45, 2.75) is 309 Å². The largest absolute Gasteiger partial charge is 0.462 e. The van der Waals surface area contributed by atoms with Crippen molar-refractivity contribution in [3.8, 4) is 0 Å². The molecule has 0 bridgehead atoms. The van der Waals surface area contributed by atoms with Crippen LogP contribution in [0.25, 0.3) is 0 Å². The molecule has 0 saturated heterocycles. The molecule has 0 spiro atoms. The summed E-state index contributed by atoms with van der Waals surface area (Å²) in [4.78, 5) is 38.3. The zero-order valence-corrected chi connectivity index (χ0v) is 49.3. The molecule has 0 aliphatic carbocycles. The van der Waals surface area contributed by atoms with Crippen molar-refractivity contribution >= 4 is 17.9 Å². The molecule has 0 fully saturated rings. The van der Waals surface area contributed by atoms with Gasteiger partial charge in [0.15, 0.2) is 6.10 Å². The van der Waals surface area contributed by atoms with E-state index in [-0.39, 0.29) is 31.1 Å². The van der Waals surface area contributed by atoms with Crippen molar-refractivity contribution < 1.29 is 28.6 Å². The van der Waals surface area contributed by atoms with Gasteiger partial charge in [-0.1, -0.05) is 279 Å². The summed E-state index contributed by atoms with van der Waals surface area (Å²) in [7, 11) is 0. The molecule has 0 aliphatic rings. The van der Waals surface area contributed by atoms with Crippen LogP contribution >= 0.6 is 0 Å². The molecule has 0 saturated carbocycles. The minimum absolute atomic E-state index is 0.0905. The smallest absolute Gasteiger partial charge is 0.306 e. The average molecular weight is 1040 g/mol. The minimum atomic E-state index is -0.795. The molecule has 1 unspecified atom stereocenters. The number of allylic oxidation sites excluding steroid dienone is 16. The third kappa shape index (κ3) is 61.1. The van der Waals surface area contributed by atoms with Crippen LogP contribution in [0, 0.1) is 0 Å². The monoisotopic (exact) mass is 1040 g/mol. The third-order valence-electron chi connectivity index (χ3n) is 13.6. The van der Waals surface area contributed by atoms with Crippen LogP contribution in [0.1, 0.15) is 303 Å². The molecular weight excluding hydrogens is 925 g/mol. The van der Waals surface area contributed by atoms with Crippen LogP contribution in [0.4, 0.5) is 0 Å². The fourth-order valence-electron chi connectivity index (χ4n) is 8.83. The number of carbonyl (C=O) groups excluding carboxylic acids is 3. The molecule has 0 N–H and O–H groups in total. The van der Waals surface area contributed by atoms with E-state index in [0.29, 0.717) is 19.3 Å². The third-order valence-corrected chi connectivity index (χ3v) is 13.6. The van der Waals surface area contributed by atoms with E-state index < -0.39 is 6.10 Å². The molecule has 430 valence electrons. The second-order valence-corrected chi connectivity index (χ2v) is 20.9. The predicted octanol–water partition coefficient (Wildman–Crippen LogP) is 21.7. The van der Waals surface area contributed by atoms with Gasteiger partial charge in [0.25, 0.3) is 0 Å². The average Bonchev–Trinajstić information content (AvgIpc) is 3.41. The highest BCUT2D eigenvalue weighted by Crippen LogP contribution is 2.16. The van der Waals surface area contributed by atoms with Gasteiger partial charge < -0.3 is 14.2 Å². The molecule has 6 nitrogen and oxygen atoms in total. The lowest BCUT2D eigenvalue weighted by atomic mass is 10.0. The SMILES string of the molecule is CC/C=C\C/C=C\C/C=C\C/C=C\C/C=C\C/C=C\C/C=C\CCCCCC(=O)OCC(COC(=O)CCCCCCC/C=C\CCCCCC)OC(=O)CCCCCCCCCCCCCCCCCCCCC. The lowest BCUT2D eigenvalue weighted by molar-refractivity contribution is -0.167. The van der Waals surface area contributed by atoms with Gasteiger partial charge in [-0.05, 0) is 103 Å². The minimum Gasteiger partial charge on any atom is -0.462 e. The Morgan fingerprint density at radius 1 is 0.280 bits per heavy atom. The Morgan fingerprint density at radius 3 is 0.853 bits per heavy atom. The zero-order valence-electron chi connectivity index (χ0n) is 49.3. The van der Waals surface area contributed by atoms with Crippen LogP contribution in [0.3, 0.4) is 0 Å². The van der Waals surface area contributed by atoms with Gasteiger partial charge in [-0.2, -0.15) is 0 Å². The van der Waals surface area contributed by atoms with E-state index in [1.165, 1.54) is 148 Å². The number of ether oxygens (including phenoxy) is 3. The maximum absolute atomic E-state index is 12.9. The summed E-state index contributed by atoms with van der Waals surface area (Å²) in [6.45, 7) is 6.51. The number of esters is 3. The first kappa shape index (κ1) is 71.3. The van der Waals surface area contributed by atoms with Gasteiger partial charge in [-0.25, -0.2) is 0 Å². The van der Waals surface area contributed by atoms with Gasteiger partial charge in [0.1, 0.15) is 13.2 Å². The van der Waals surface area contributed by atoms with Crippen LogP contribution in [0.2, 0.25) is 0 Å². The molecule has 0 radical (unpaired) electrons. The summed E-state index contributed by atoms with van der Waals surface area (Å²) in [6.07, 6.45) is 84.1. The van der Waals surface area contributed by atoms with Crippen molar-refractivity contribution in [3.63, 3.8) is 0 Å². The maximum Gasteiger partial charge on any atom is 0.306 e. The number of hydrogen-bond donors (Lipinski definition) is 0. The summed E-state index contributed by atoms with van der Waals surface area (Å²) in [5.74, 6) is -0.922. The van der Waals surface area contributed by atoms with Crippen molar-refractivity contribution in [2.24, 2.45) is 0 Å². The van der Waals surface area contributed by atoms with Crippen molar-refractivity contribution in [1.82, 2.24) is 0 Å². The van der Waals surface area contributed by atoms with E-state index in [1.807, 2.05) is 0 Å². The van der Waals surface area contributed by atoms with E-state index in [1.54, 1.807) is 0 Å². The molecule has 0 heterocycles. The van der Waals surface area contributed by atoms with Gasteiger partial charge in [0.05, 0.1) is 0 Å². The molecule has 75 heavy (non-hydrogen) atoms. The fraction of sp³-hybridized carbons (Fsp3) is 0.725. The highest BCUT2D eigenvalue weighted by molar-refractivity contribution is 5.71. The molecule has 0 amide bonds. The second kappa shape index (κ2) is 62.9. The number of carbonyl (C=O) groups is 3. The van der Waals surface area contributed by atoms with Gasteiger partial charge in [-0.3, -0.25) is 14.4 Å². The Labute approximate surface area is 464 Å². The quantitative estimate of drug-likeness (QED) is 0.0261. The Hall–Kier alpha value is -3.67. The summed E-state index contributed by atoms with van der Waals surface area (Å²) >= 11 is 0. The number of unbranched alkanes of at least 4 members (excludes halogenated alkanes) is 30. The van der Waals surface area contributed by atoms with Crippen molar-refractivity contribution in [3.05, 3.63) is 97.2 Å². The second-order valence-electron chi connectivity index (χ2n) is 20.9. The molecule has 0 rings (SSSR count). The van der Waals surface area contributed by atoms with Crippen LogP contribution < -0.4 is 0 Å². The van der Waals surface area contributed by atoms with Crippen molar-refractivity contribution in [1.29, 1.82) is 0 Å². The predicted molar refractivity (Wildman–Crippen MR) is 325 cm³/mol. The van der Waals surface area contributed by atoms with Crippen LogP contribution in [-0.2, 0) is 28.6 Å². The van der Waals surface area contributed by atoms with E-state index in [4.69, 9.17) is 14.2 Å². The maximum atomic E-state index is 12.9. The molecule has 0 aromatic rings. The standard InChI is InChI=1S/C69H118O6/c1-4-7-10-13-16-19-22-25-27-29-31-32-33-34-35-36-38-39-41-44-47-50-53-56-59-62-68(71)74-65-66(64-73-67(70)61-58-55-52-49-46-43-24-21-18-15-12-9-6-3)75-69(72)63-60-57-54-51-48-45-42-40-37-30-28-26-23-20-17-14-11-8-5-2/h7,10,16,19,21,24-25,27,31-32,34-35,38-39,44,47,66H,4-6,8-9,11-15,17-18,20,22-23,26,28-30,33,36-37,40-43,45-46,48-65H2,1-3H3/b10-7-,19-16-,24-21-,27-25-,32-31-,35-34-,39-38-,47-44-. The van der Waals surface area contributed by atoms with E-state index >= 15 is 0 Å². The highest BCUT2D eigenvalue weighted by atomic mass is 16.6. The Kier molecular flexibility index (Phi) is 59.8. The van der Waals surface area contributed by atoms with Crippen molar-refractivity contribution in [2.75, 3.05) is 13.2 Å². The lowest BCUT2D eigenvalue weighted by Crippen LogP contribution is -2.30.